The van der Waals surface area contributed by atoms with Gasteiger partial charge in [0.25, 0.3) is 11.8 Å². The number of thiocarbonyl (C=S) groups is 1. The Hall–Kier alpha value is -2.71. The van der Waals surface area contributed by atoms with Crippen LogP contribution in [0.2, 0.25) is 0 Å². The highest BCUT2D eigenvalue weighted by atomic mass is 32.1. The average molecular weight is 374 g/mol. The molecule has 0 bridgehead atoms. The normalized spacial score (nSPS) is 16.2. The Kier molecular flexibility index (Phi) is 4.82. The summed E-state index contributed by atoms with van der Waals surface area (Å²) in [4.78, 5) is 26.4. The van der Waals surface area contributed by atoms with E-state index < -0.39 is 11.8 Å². The second kappa shape index (κ2) is 7.04. The summed E-state index contributed by atoms with van der Waals surface area (Å²) in [6.45, 7) is 0. The summed E-state index contributed by atoms with van der Waals surface area (Å²) in [6.07, 6.45) is 1.54. The fraction of sp³-hybridized carbons (Fsp3) is 0.118. The van der Waals surface area contributed by atoms with Gasteiger partial charge in [0, 0.05) is 6.07 Å². The molecule has 0 unspecified atom stereocenters. The van der Waals surface area contributed by atoms with E-state index in [-0.39, 0.29) is 10.7 Å². The van der Waals surface area contributed by atoms with Crippen molar-refractivity contribution in [3.63, 3.8) is 0 Å². The van der Waals surface area contributed by atoms with Crippen molar-refractivity contribution in [3.05, 3.63) is 46.2 Å². The van der Waals surface area contributed by atoms with Crippen molar-refractivity contribution in [2.24, 2.45) is 0 Å². The Morgan fingerprint density at radius 1 is 1.20 bits per heavy atom. The summed E-state index contributed by atoms with van der Waals surface area (Å²) in [5, 5.41) is 6.26. The summed E-state index contributed by atoms with van der Waals surface area (Å²) in [5.41, 5.74) is 1.21. The van der Waals surface area contributed by atoms with Crippen LogP contribution in [0.25, 0.3) is 6.08 Å². The van der Waals surface area contributed by atoms with Gasteiger partial charge in [0.1, 0.15) is 17.1 Å². The van der Waals surface area contributed by atoms with Crippen LogP contribution in [0.1, 0.15) is 5.56 Å². The third-order valence-corrected chi connectivity index (χ3v) is 4.57. The zero-order valence-electron chi connectivity index (χ0n) is 13.4. The molecule has 2 amide bonds. The van der Waals surface area contributed by atoms with E-state index in [0.717, 1.165) is 5.56 Å². The molecule has 0 radical (unpaired) electrons. The first-order valence-corrected chi connectivity index (χ1v) is 8.56. The quantitative estimate of drug-likeness (QED) is 0.506. The summed E-state index contributed by atoms with van der Waals surface area (Å²) in [6, 6.07) is 6.81. The lowest BCUT2D eigenvalue weighted by Crippen LogP contribution is -2.54. The van der Waals surface area contributed by atoms with Crippen LogP contribution in [-0.4, -0.2) is 31.1 Å². The van der Waals surface area contributed by atoms with Gasteiger partial charge in [0.05, 0.1) is 19.9 Å². The van der Waals surface area contributed by atoms with Crippen molar-refractivity contribution in [1.82, 2.24) is 5.32 Å². The molecular weight excluding hydrogens is 360 g/mol. The fourth-order valence-corrected chi connectivity index (χ4v) is 3.26. The molecule has 1 aliphatic heterocycles. The highest BCUT2D eigenvalue weighted by molar-refractivity contribution is 7.80. The maximum Gasteiger partial charge on any atom is 0.270 e. The van der Waals surface area contributed by atoms with Crippen LogP contribution >= 0.6 is 23.6 Å². The summed E-state index contributed by atoms with van der Waals surface area (Å²) in [7, 11) is 3.02. The number of amides is 2. The lowest BCUT2D eigenvalue weighted by atomic mass is 10.1. The number of carbonyl (C=O) groups excluding carboxylic acids is 2. The van der Waals surface area contributed by atoms with Gasteiger partial charge in [-0.05, 0) is 52.8 Å². The summed E-state index contributed by atoms with van der Waals surface area (Å²) < 4.78 is 10.5. The number of nitrogens with one attached hydrogen (secondary N) is 1. The first-order valence-electron chi connectivity index (χ1n) is 7.21. The monoisotopic (exact) mass is 374 g/mol. The number of hydrogen-bond acceptors (Lipinski definition) is 6. The van der Waals surface area contributed by atoms with Gasteiger partial charge in [0.2, 0.25) is 0 Å². The third-order valence-electron chi connectivity index (χ3n) is 3.58. The van der Waals surface area contributed by atoms with E-state index in [4.69, 9.17) is 21.7 Å². The van der Waals surface area contributed by atoms with E-state index in [1.807, 2.05) is 16.8 Å². The molecule has 1 aliphatic rings. The van der Waals surface area contributed by atoms with E-state index in [1.54, 1.807) is 24.3 Å². The number of ether oxygens (including phenoxy) is 2. The van der Waals surface area contributed by atoms with Crippen molar-refractivity contribution >= 4 is 52.2 Å². The first-order chi connectivity index (χ1) is 12.0. The van der Waals surface area contributed by atoms with Gasteiger partial charge in [-0.15, -0.1) is 0 Å². The number of nitrogens with zero attached hydrogens (tertiary/aromatic N) is 1. The number of anilines is 1. The summed E-state index contributed by atoms with van der Waals surface area (Å²) in [5.74, 6) is -0.0523. The highest BCUT2D eigenvalue weighted by Gasteiger charge is 2.35. The molecule has 2 aromatic rings. The van der Waals surface area contributed by atoms with Gasteiger partial charge in [-0.3, -0.25) is 14.9 Å². The predicted octanol–water partition coefficient (Wildman–Crippen LogP) is 2.60. The molecule has 128 valence electrons. The molecule has 2 heterocycles. The zero-order valence-corrected chi connectivity index (χ0v) is 15.1. The van der Waals surface area contributed by atoms with Gasteiger partial charge >= 0.3 is 0 Å². The van der Waals surface area contributed by atoms with Gasteiger partial charge < -0.3 is 9.47 Å². The largest absolute Gasteiger partial charge is 0.497 e. The van der Waals surface area contributed by atoms with Crippen LogP contribution in [0.5, 0.6) is 11.5 Å². The van der Waals surface area contributed by atoms with Crippen molar-refractivity contribution in [3.8, 4) is 11.5 Å². The molecule has 8 heteroatoms. The maximum absolute atomic E-state index is 12.9. The molecular formula is C17H14N2O4S2. The van der Waals surface area contributed by atoms with Gasteiger partial charge in [-0.1, -0.05) is 0 Å². The zero-order chi connectivity index (χ0) is 18.0. The second-order valence-electron chi connectivity index (χ2n) is 5.05. The van der Waals surface area contributed by atoms with E-state index in [9.17, 15) is 9.59 Å². The Morgan fingerprint density at radius 3 is 2.64 bits per heavy atom. The number of hydrogen-bond donors (Lipinski definition) is 1. The maximum atomic E-state index is 12.9. The third kappa shape index (κ3) is 3.26. The molecule has 25 heavy (non-hydrogen) atoms. The van der Waals surface area contributed by atoms with Crippen LogP contribution < -0.4 is 19.7 Å². The van der Waals surface area contributed by atoms with E-state index >= 15 is 0 Å². The second-order valence-corrected chi connectivity index (χ2v) is 6.22. The van der Waals surface area contributed by atoms with Gasteiger partial charge in [-0.2, -0.15) is 11.3 Å². The smallest absolute Gasteiger partial charge is 0.270 e. The molecule has 1 saturated heterocycles. The van der Waals surface area contributed by atoms with Crippen LogP contribution in [0.4, 0.5) is 5.69 Å². The number of rotatable bonds is 4. The van der Waals surface area contributed by atoms with Crippen molar-refractivity contribution in [2.45, 2.75) is 0 Å². The molecule has 0 saturated carbocycles. The predicted molar refractivity (Wildman–Crippen MR) is 100 cm³/mol. The van der Waals surface area contributed by atoms with E-state index in [1.165, 1.54) is 30.5 Å². The van der Waals surface area contributed by atoms with Crippen LogP contribution in [0.15, 0.2) is 40.6 Å². The van der Waals surface area contributed by atoms with Crippen molar-refractivity contribution < 1.29 is 19.1 Å². The van der Waals surface area contributed by atoms with E-state index in [2.05, 4.69) is 5.32 Å². The van der Waals surface area contributed by atoms with Crippen LogP contribution in [0.3, 0.4) is 0 Å². The minimum atomic E-state index is -0.523. The molecule has 6 nitrogen and oxygen atoms in total. The Morgan fingerprint density at radius 2 is 2.00 bits per heavy atom. The lowest BCUT2D eigenvalue weighted by Gasteiger charge is -2.30. The number of methoxy groups -OCH3 is 2. The molecule has 0 atom stereocenters. The van der Waals surface area contributed by atoms with Gasteiger partial charge in [-0.25, -0.2) is 4.90 Å². The van der Waals surface area contributed by atoms with Crippen molar-refractivity contribution in [1.29, 1.82) is 0 Å². The Labute approximate surface area is 153 Å². The topological polar surface area (TPSA) is 67.9 Å². The first kappa shape index (κ1) is 17.1. The molecule has 1 aromatic carbocycles. The molecule has 1 aromatic heterocycles. The Balaban J connectivity index is 2.05. The molecule has 1 fully saturated rings. The highest BCUT2D eigenvalue weighted by Crippen LogP contribution is 2.34. The number of benzene rings is 1. The molecule has 3 rings (SSSR count). The summed E-state index contributed by atoms with van der Waals surface area (Å²) >= 11 is 6.67. The fourth-order valence-electron chi connectivity index (χ4n) is 2.37. The van der Waals surface area contributed by atoms with Crippen LogP contribution in [-0.2, 0) is 9.59 Å². The van der Waals surface area contributed by atoms with Gasteiger partial charge in [0.15, 0.2) is 5.11 Å². The SMILES string of the molecule is COc1ccc(N2C(=O)C(=Cc3ccsc3)C(=O)NC2=S)c(OC)c1. The van der Waals surface area contributed by atoms with Crippen molar-refractivity contribution in [2.75, 3.05) is 19.1 Å². The minimum absolute atomic E-state index is 0.000866. The van der Waals surface area contributed by atoms with E-state index in [0.29, 0.717) is 17.2 Å². The average Bonchev–Trinajstić information content (AvgIpc) is 3.12. The molecule has 1 N–H and O–H groups in total. The standard InChI is InChI=1S/C17H14N2O4S2/c1-22-11-3-4-13(14(8-11)23-2)19-16(21)12(15(20)18-17(19)24)7-10-5-6-25-9-10/h3-9H,1-2H3,(H,18,20,24). The molecule has 0 aliphatic carbocycles. The Bertz CT molecular complexity index is 875. The molecule has 0 spiro atoms. The lowest BCUT2D eigenvalue weighted by molar-refractivity contribution is -0.122. The van der Waals surface area contributed by atoms with Crippen LogP contribution in [0, 0.1) is 0 Å². The minimum Gasteiger partial charge on any atom is -0.497 e. The number of carbonyl (C=O) groups is 2. The number of thiophene rings is 1.